The summed E-state index contributed by atoms with van der Waals surface area (Å²) >= 11 is 0. The van der Waals surface area contributed by atoms with Gasteiger partial charge in [-0.2, -0.15) is 0 Å². The van der Waals surface area contributed by atoms with Gasteiger partial charge in [-0.1, -0.05) is 30.3 Å². The van der Waals surface area contributed by atoms with Crippen molar-refractivity contribution in [1.82, 2.24) is 0 Å². The van der Waals surface area contributed by atoms with Crippen LogP contribution in [0.1, 0.15) is 11.7 Å². The maximum Gasteiger partial charge on any atom is 0.320 e. The van der Waals surface area contributed by atoms with Gasteiger partial charge >= 0.3 is 5.97 Å². The molecule has 0 saturated carbocycles. The van der Waals surface area contributed by atoms with Crippen LogP contribution in [0.3, 0.4) is 0 Å². The summed E-state index contributed by atoms with van der Waals surface area (Å²) < 4.78 is 15.6. The molecule has 0 aromatic heterocycles. The molecule has 0 radical (unpaired) electrons. The highest BCUT2D eigenvalue weighted by Gasteiger charge is 2.66. The van der Waals surface area contributed by atoms with Crippen molar-refractivity contribution in [2.45, 2.75) is 12.1 Å². The summed E-state index contributed by atoms with van der Waals surface area (Å²) in [5.41, 5.74) is 1.11. The van der Waals surface area contributed by atoms with Crippen LogP contribution in [-0.4, -0.2) is 12.8 Å². The maximum atomic E-state index is 5.28. The van der Waals surface area contributed by atoms with Crippen LogP contribution in [0.25, 0.3) is 0 Å². The van der Waals surface area contributed by atoms with E-state index in [1.54, 1.807) is 0 Å². The minimum Gasteiger partial charge on any atom is -0.308 e. The molecule has 0 N–H and O–H groups in total. The van der Waals surface area contributed by atoms with Gasteiger partial charge in [-0.15, -0.1) is 0 Å². The average molecular weight is 164 g/mol. The maximum absolute atomic E-state index is 5.28. The Bertz CT molecular complexity index is 292. The second-order valence-corrected chi connectivity index (χ2v) is 2.92. The SMILES string of the molecule is c1ccc(C2OC23OCO3)cc1. The first-order valence-corrected chi connectivity index (χ1v) is 3.91. The molecule has 2 fully saturated rings. The molecule has 12 heavy (non-hydrogen) atoms. The van der Waals surface area contributed by atoms with E-state index in [0.717, 1.165) is 5.56 Å². The van der Waals surface area contributed by atoms with E-state index in [1.165, 1.54) is 0 Å². The van der Waals surface area contributed by atoms with Gasteiger partial charge in [0.05, 0.1) is 0 Å². The number of hydrogen-bond donors (Lipinski definition) is 0. The van der Waals surface area contributed by atoms with E-state index in [9.17, 15) is 0 Å². The molecule has 1 unspecified atom stereocenters. The second kappa shape index (κ2) is 2.07. The molecule has 0 aliphatic carbocycles. The highest BCUT2D eigenvalue weighted by molar-refractivity contribution is 5.23. The molecule has 1 aromatic carbocycles. The predicted molar refractivity (Wildman–Crippen MR) is 40.0 cm³/mol. The highest BCUT2D eigenvalue weighted by Crippen LogP contribution is 2.55. The van der Waals surface area contributed by atoms with E-state index >= 15 is 0 Å². The Kier molecular flexibility index (Phi) is 1.14. The van der Waals surface area contributed by atoms with Gasteiger partial charge in [-0.05, 0) is 5.56 Å². The molecule has 0 bridgehead atoms. The monoisotopic (exact) mass is 164 g/mol. The van der Waals surface area contributed by atoms with Crippen LogP contribution in [0.4, 0.5) is 0 Å². The Morgan fingerprint density at radius 2 is 1.92 bits per heavy atom. The van der Waals surface area contributed by atoms with E-state index in [1.807, 2.05) is 30.3 Å². The zero-order valence-electron chi connectivity index (χ0n) is 6.40. The summed E-state index contributed by atoms with van der Waals surface area (Å²) in [6, 6.07) is 9.93. The van der Waals surface area contributed by atoms with Crippen LogP contribution in [0.2, 0.25) is 0 Å². The van der Waals surface area contributed by atoms with Gasteiger partial charge in [0.25, 0.3) is 0 Å². The van der Waals surface area contributed by atoms with E-state index in [0.29, 0.717) is 6.79 Å². The molecule has 2 aliphatic heterocycles. The summed E-state index contributed by atoms with van der Waals surface area (Å²) in [6.45, 7) is 0.351. The predicted octanol–water partition coefficient (Wildman–Crippen LogP) is 1.42. The first-order valence-electron chi connectivity index (χ1n) is 3.91. The highest BCUT2D eigenvalue weighted by atomic mass is 17.0. The molecule has 3 rings (SSSR count). The first-order chi connectivity index (χ1) is 5.91. The Hall–Kier alpha value is -0.900. The van der Waals surface area contributed by atoms with Gasteiger partial charge in [0.2, 0.25) is 0 Å². The van der Waals surface area contributed by atoms with Gasteiger partial charge in [-0.25, -0.2) is 0 Å². The Balaban J connectivity index is 1.85. The first kappa shape index (κ1) is 6.60. The quantitative estimate of drug-likeness (QED) is 0.588. The van der Waals surface area contributed by atoms with Gasteiger partial charge < -0.3 is 4.74 Å². The smallest absolute Gasteiger partial charge is 0.308 e. The standard InChI is InChI=1S/C9H8O3/c1-2-4-7(5-3-1)8-9(12-8)10-6-11-9/h1-5,8H,6H2. The van der Waals surface area contributed by atoms with E-state index in [4.69, 9.17) is 14.2 Å². The Labute approximate surface area is 69.9 Å². The van der Waals surface area contributed by atoms with Crippen LogP contribution < -0.4 is 0 Å². The fraction of sp³-hybridized carbons (Fsp3) is 0.333. The molecular weight excluding hydrogens is 156 g/mol. The third-order valence-electron chi connectivity index (χ3n) is 2.17. The van der Waals surface area contributed by atoms with Crippen molar-refractivity contribution in [1.29, 1.82) is 0 Å². The van der Waals surface area contributed by atoms with E-state index in [2.05, 4.69) is 0 Å². The van der Waals surface area contributed by atoms with Crippen molar-refractivity contribution < 1.29 is 14.2 Å². The number of rotatable bonds is 1. The molecule has 2 aliphatic rings. The average Bonchev–Trinajstić information content (AvgIpc) is 2.80. The van der Waals surface area contributed by atoms with Gasteiger partial charge in [-0.3, -0.25) is 9.47 Å². The zero-order chi connectivity index (χ0) is 8.02. The fourth-order valence-corrected chi connectivity index (χ4v) is 1.42. The lowest BCUT2D eigenvalue weighted by molar-refractivity contribution is -0.387. The zero-order valence-corrected chi connectivity index (χ0v) is 6.40. The van der Waals surface area contributed by atoms with Crippen LogP contribution >= 0.6 is 0 Å². The third kappa shape index (κ3) is 0.756. The number of hydrogen-bond acceptors (Lipinski definition) is 3. The van der Waals surface area contributed by atoms with Crippen molar-refractivity contribution in [2.75, 3.05) is 6.79 Å². The fourth-order valence-electron chi connectivity index (χ4n) is 1.42. The molecule has 2 heterocycles. The van der Waals surface area contributed by atoms with Crippen molar-refractivity contribution >= 4 is 0 Å². The molecule has 3 nitrogen and oxygen atoms in total. The normalized spacial score (nSPS) is 29.8. The van der Waals surface area contributed by atoms with Crippen LogP contribution in [0.15, 0.2) is 30.3 Å². The molecule has 2 saturated heterocycles. The van der Waals surface area contributed by atoms with Crippen molar-refractivity contribution in [3.05, 3.63) is 35.9 Å². The lowest BCUT2D eigenvalue weighted by atomic mass is 10.1. The van der Waals surface area contributed by atoms with Crippen LogP contribution in [0.5, 0.6) is 0 Å². The summed E-state index contributed by atoms with van der Waals surface area (Å²) in [6.07, 6.45) is -0.0209. The summed E-state index contributed by atoms with van der Waals surface area (Å²) in [5, 5.41) is 0. The largest absolute Gasteiger partial charge is 0.320 e. The second-order valence-electron chi connectivity index (χ2n) is 2.92. The lowest BCUT2D eigenvalue weighted by Crippen LogP contribution is -2.34. The van der Waals surface area contributed by atoms with E-state index < -0.39 is 5.97 Å². The van der Waals surface area contributed by atoms with Crippen LogP contribution in [-0.2, 0) is 14.2 Å². The van der Waals surface area contributed by atoms with Crippen LogP contribution in [0, 0.1) is 0 Å². The van der Waals surface area contributed by atoms with Crippen molar-refractivity contribution in [2.24, 2.45) is 0 Å². The van der Waals surface area contributed by atoms with Crippen molar-refractivity contribution in [3.8, 4) is 0 Å². The molecule has 1 spiro atoms. The molecule has 1 atom stereocenters. The number of epoxide rings is 1. The minimum absolute atomic E-state index is 0.0209. The molecule has 1 aromatic rings. The molecule has 3 heteroatoms. The number of benzene rings is 1. The van der Waals surface area contributed by atoms with Gasteiger partial charge in [0, 0.05) is 0 Å². The molecule has 62 valence electrons. The summed E-state index contributed by atoms with van der Waals surface area (Å²) in [5.74, 6) is -0.707. The summed E-state index contributed by atoms with van der Waals surface area (Å²) in [4.78, 5) is 0. The molecular formula is C9H8O3. The molecule has 0 amide bonds. The van der Waals surface area contributed by atoms with Gasteiger partial charge in [0.1, 0.15) is 0 Å². The Morgan fingerprint density at radius 3 is 2.42 bits per heavy atom. The third-order valence-corrected chi connectivity index (χ3v) is 2.17. The Morgan fingerprint density at radius 1 is 1.17 bits per heavy atom. The van der Waals surface area contributed by atoms with Gasteiger partial charge in [0.15, 0.2) is 12.9 Å². The van der Waals surface area contributed by atoms with E-state index in [-0.39, 0.29) is 6.10 Å². The topological polar surface area (TPSA) is 31.0 Å². The number of ether oxygens (including phenoxy) is 3. The summed E-state index contributed by atoms with van der Waals surface area (Å²) in [7, 11) is 0. The minimum atomic E-state index is -0.707. The lowest BCUT2D eigenvalue weighted by Gasteiger charge is -2.23. The van der Waals surface area contributed by atoms with Crippen molar-refractivity contribution in [3.63, 3.8) is 0 Å².